The number of unbranched alkanes of at least 4 members (excludes halogenated alkanes) is 4. The van der Waals surface area contributed by atoms with Gasteiger partial charge < -0.3 is 35.4 Å². The monoisotopic (exact) mass is 949 g/mol. The first-order chi connectivity index (χ1) is 32.8. The standard InChI is InChI=1S/C49H60FN11O6S/c1-49(51)19-22-59(23-20-49)42-27-53-45(28-52-42)68-35-10-8-9-34(26-35)54-43(62)11-6-4-3-5-7-24-67-40-18-21-60(31-37(40)50)41-16-14-38(56-57-41)48(66)58(2)29-32-12-13-36-33(25-32)30-61(47(36)65)39-15-17-44(63)55-46(39)64/h8-10,12-14,16,25-28,37,39-40H,3-7,11,15,17-24,29-31,51H2,1-2H3,(H,54,62)(H,55,63,64)/t37-,39?,40+/m0/s1. The highest BCUT2D eigenvalue weighted by Gasteiger charge is 2.39. The molecular formula is C49H60FN11O6S. The number of piperidine rings is 3. The molecule has 2 aromatic carbocycles. The largest absolute Gasteiger partial charge is 0.375 e. The Labute approximate surface area is 400 Å². The molecule has 5 amide bonds. The number of amides is 5. The summed E-state index contributed by atoms with van der Waals surface area (Å²) in [6.45, 7) is 5.44. The van der Waals surface area contributed by atoms with Crippen LogP contribution in [0.3, 0.4) is 0 Å². The molecule has 0 aliphatic carbocycles. The average Bonchev–Trinajstić information content (AvgIpc) is 3.64. The summed E-state index contributed by atoms with van der Waals surface area (Å²) in [5, 5.41) is 14.5. The Morgan fingerprint density at radius 1 is 0.941 bits per heavy atom. The van der Waals surface area contributed by atoms with Gasteiger partial charge in [0, 0.05) is 80.9 Å². The summed E-state index contributed by atoms with van der Waals surface area (Å²) < 4.78 is 21.3. The second-order valence-electron chi connectivity index (χ2n) is 18.5. The number of benzene rings is 2. The van der Waals surface area contributed by atoms with Crippen molar-refractivity contribution in [2.24, 2.45) is 5.73 Å². The number of alkyl halides is 1. The second kappa shape index (κ2) is 21.9. The molecule has 1 unspecified atom stereocenters. The van der Waals surface area contributed by atoms with E-state index in [-0.39, 0.29) is 67.3 Å². The third-order valence-corrected chi connectivity index (χ3v) is 14.0. The summed E-state index contributed by atoms with van der Waals surface area (Å²) in [6.07, 6.45) is 9.52. The highest BCUT2D eigenvalue weighted by atomic mass is 32.2. The maximum atomic E-state index is 15.3. The van der Waals surface area contributed by atoms with Gasteiger partial charge in [0.2, 0.25) is 17.7 Å². The molecule has 0 bridgehead atoms. The van der Waals surface area contributed by atoms with Crippen LogP contribution >= 0.6 is 11.8 Å². The Balaban J connectivity index is 0.683. The first-order valence-electron chi connectivity index (χ1n) is 23.6. The van der Waals surface area contributed by atoms with Crippen LogP contribution in [0, 0.1) is 0 Å². The number of ether oxygens (including phenoxy) is 1. The third kappa shape index (κ3) is 12.3. The van der Waals surface area contributed by atoms with E-state index >= 15 is 4.39 Å². The predicted octanol–water partition coefficient (Wildman–Crippen LogP) is 5.68. The van der Waals surface area contributed by atoms with Crippen LogP contribution in [0.5, 0.6) is 0 Å². The highest BCUT2D eigenvalue weighted by molar-refractivity contribution is 7.99. The maximum absolute atomic E-state index is 15.3. The van der Waals surface area contributed by atoms with Crippen molar-refractivity contribution >= 4 is 58.6 Å². The first-order valence-corrected chi connectivity index (χ1v) is 24.4. The fourth-order valence-corrected chi connectivity index (χ4v) is 9.85. The van der Waals surface area contributed by atoms with E-state index in [1.807, 2.05) is 41.4 Å². The number of hydrogen-bond acceptors (Lipinski definition) is 14. The summed E-state index contributed by atoms with van der Waals surface area (Å²) in [7, 11) is 1.65. The highest BCUT2D eigenvalue weighted by Crippen LogP contribution is 2.31. The van der Waals surface area contributed by atoms with Gasteiger partial charge in [0.05, 0.1) is 25.0 Å². The van der Waals surface area contributed by atoms with E-state index in [1.54, 1.807) is 37.5 Å². The van der Waals surface area contributed by atoms with Gasteiger partial charge in [0.25, 0.3) is 11.8 Å². The lowest BCUT2D eigenvalue weighted by Gasteiger charge is -2.37. The van der Waals surface area contributed by atoms with Crippen molar-refractivity contribution in [1.29, 1.82) is 0 Å². The lowest BCUT2D eigenvalue weighted by atomic mass is 9.91. The van der Waals surface area contributed by atoms with E-state index in [2.05, 4.69) is 42.6 Å². The van der Waals surface area contributed by atoms with E-state index in [0.29, 0.717) is 37.4 Å². The van der Waals surface area contributed by atoms with Crippen LogP contribution in [0.15, 0.2) is 76.9 Å². The lowest BCUT2D eigenvalue weighted by Crippen LogP contribution is -2.52. The molecule has 3 atom stereocenters. The zero-order chi connectivity index (χ0) is 47.8. The van der Waals surface area contributed by atoms with Gasteiger partial charge in [-0.15, -0.1) is 10.2 Å². The van der Waals surface area contributed by atoms with Crippen molar-refractivity contribution in [3.63, 3.8) is 0 Å². The molecule has 8 rings (SSSR count). The molecule has 3 saturated heterocycles. The topological polar surface area (TPSA) is 209 Å². The number of nitrogens with zero attached hydrogens (tertiary/aromatic N) is 8. The van der Waals surface area contributed by atoms with E-state index in [4.69, 9.17) is 10.5 Å². The van der Waals surface area contributed by atoms with Crippen molar-refractivity contribution in [2.45, 2.75) is 124 Å². The normalized spacial score (nSPS) is 20.3. The van der Waals surface area contributed by atoms with Crippen molar-refractivity contribution < 1.29 is 33.1 Å². The summed E-state index contributed by atoms with van der Waals surface area (Å²) in [5.41, 5.74) is 9.10. The van der Waals surface area contributed by atoms with Gasteiger partial charge in [0.1, 0.15) is 23.1 Å². The molecule has 2 aromatic heterocycles. The van der Waals surface area contributed by atoms with Crippen molar-refractivity contribution in [3.8, 4) is 0 Å². The van der Waals surface area contributed by atoms with Crippen LogP contribution in [-0.4, -0.2) is 123 Å². The van der Waals surface area contributed by atoms with Gasteiger partial charge in [-0.3, -0.25) is 29.3 Å². The number of anilines is 3. The molecule has 4 N–H and O–H groups in total. The SMILES string of the molecule is CN(Cc1ccc2c(c1)CN(C1CCC(=O)NC1=O)C2=O)C(=O)c1ccc(N2CC[C@@H](OCCCCCCCC(=O)Nc3cccc(Sc4cnc(N5CCC(C)(N)CC5)cn4)c3)[C@@H](F)C2)nn1. The predicted molar refractivity (Wildman–Crippen MR) is 255 cm³/mol. The number of aromatic nitrogens is 4. The number of carbonyl (C=O) groups excluding carboxylic acids is 5. The molecule has 17 nitrogen and oxygen atoms in total. The van der Waals surface area contributed by atoms with Gasteiger partial charge in [-0.2, -0.15) is 0 Å². The number of nitrogens with one attached hydrogen (secondary N) is 2. The number of rotatable bonds is 18. The van der Waals surface area contributed by atoms with Gasteiger partial charge in [-0.25, -0.2) is 14.4 Å². The Morgan fingerprint density at radius 3 is 2.50 bits per heavy atom. The average molecular weight is 950 g/mol. The first kappa shape index (κ1) is 48.4. The van der Waals surface area contributed by atoms with E-state index in [9.17, 15) is 24.0 Å². The molecule has 3 fully saturated rings. The smallest absolute Gasteiger partial charge is 0.274 e. The number of nitrogens with two attached hydrogens (primary N) is 1. The van der Waals surface area contributed by atoms with Crippen molar-refractivity contribution in [2.75, 3.05) is 55.0 Å². The summed E-state index contributed by atoms with van der Waals surface area (Å²) in [5.74, 6) is -0.0821. The van der Waals surface area contributed by atoms with E-state index < -0.39 is 24.2 Å². The minimum atomic E-state index is -1.20. The zero-order valence-electron chi connectivity index (χ0n) is 38.7. The molecule has 68 heavy (non-hydrogen) atoms. The molecule has 19 heteroatoms. The lowest BCUT2D eigenvalue weighted by molar-refractivity contribution is -0.137. The molecule has 0 radical (unpaired) electrons. The minimum Gasteiger partial charge on any atom is -0.375 e. The maximum Gasteiger partial charge on any atom is 0.274 e. The molecule has 4 aromatic rings. The zero-order valence-corrected chi connectivity index (χ0v) is 39.5. The van der Waals surface area contributed by atoms with Crippen LogP contribution in [0.4, 0.5) is 21.7 Å². The van der Waals surface area contributed by atoms with Crippen LogP contribution in [0.2, 0.25) is 0 Å². The van der Waals surface area contributed by atoms with Crippen LogP contribution < -0.4 is 26.2 Å². The van der Waals surface area contributed by atoms with Gasteiger partial charge in [-0.05, 0) is 93.0 Å². The van der Waals surface area contributed by atoms with E-state index in [1.165, 1.54) is 21.6 Å². The Kier molecular flexibility index (Phi) is 15.6. The second-order valence-corrected chi connectivity index (χ2v) is 19.6. The summed E-state index contributed by atoms with van der Waals surface area (Å²) in [6, 6.07) is 15.6. The van der Waals surface area contributed by atoms with E-state index in [0.717, 1.165) is 90.6 Å². The van der Waals surface area contributed by atoms with Gasteiger partial charge >= 0.3 is 0 Å². The van der Waals surface area contributed by atoms with Gasteiger partial charge in [0.15, 0.2) is 11.5 Å². The fraction of sp³-hybridized carbons (Fsp3) is 0.490. The van der Waals surface area contributed by atoms with Crippen molar-refractivity contribution in [1.82, 2.24) is 35.3 Å². The third-order valence-electron chi connectivity index (χ3n) is 13.1. The minimum absolute atomic E-state index is 0.0226. The van der Waals surface area contributed by atoms with Crippen LogP contribution in [0.25, 0.3) is 0 Å². The molecule has 4 aliphatic rings. The number of fused-ring (bicyclic) bond motifs is 1. The molecule has 360 valence electrons. The quantitative estimate of drug-likeness (QED) is 0.0810. The molecule has 0 saturated carbocycles. The summed E-state index contributed by atoms with van der Waals surface area (Å²) in [4.78, 5) is 80.3. The Morgan fingerprint density at radius 2 is 1.75 bits per heavy atom. The Hall–Kier alpha value is -6.05. The van der Waals surface area contributed by atoms with Crippen molar-refractivity contribution in [3.05, 3.63) is 89.4 Å². The molecule has 6 heterocycles. The summed E-state index contributed by atoms with van der Waals surface area (Å²) >= 11 is 1.50. The van der Waals surface area contributed by atoms with Crippen LogP contribution in [0.1, 0.15) is 110 Å². The molecular weight excluding hydrogens is 890 g/mol. The number of hydrogen-bond donors (Lipinski definition) is 3. The fourth-order valence-electron chi connectivity index (χ4n) is 9.06. The van der Waals surface area contributed by atoms with Gasteiger partial charge in [-0.1, -0.05) is 49.2 Å². The van der Waals surface area contributed by atoms with Crippen LogP contribution in [-0.2, 0) is 32.2 Å². The molecule has 0 spiro atoms. The molecule has 4 aliphatic heterocycles. The number of imide groups is 1. The number of carbonyl (C=O) groups is 5. The number of halogens is 1. The Bertz CT molecular complexity index is 2450.